The maximum absolute atomic E-state index is 12.7. The van der Waals surface area contributed by atoms with Crippen molar-refractivity contribution in [3.63, 3.8) is 0 Å². The molecule has 0 aliphatic carbocycles. The number of hydrogen-bond donors (Lipinski definition) is 2. The lowest BCUT2D eigenvalue weighted by Crippen LogP contribution is -2.34. The number of aromatic nitrogens is 3. The molecule has 0 unspecified atom stereocenters. The van der Waals surface area contributed by atoms with Gasteiger partial charge in [-0.3, -0.25) is 0 Å². The van der Waals surface area contributed by atoms with Crippen LogP contribution < -0.4 is 5.32 Å². The Labute approximate surface area is 158 Å². The van der Waals surface area contributed by atoms with E-state index in [1.54, 1.807) is 7.05 Å². The molecule has 1 aliphatic rings. The fourth-order valence-corrected chi connectivity index (χ4v) is 5.00. The minimum Gasteiger partial charge on any atom is -0.362 e. The predicted octanol–water partition coefficient (Wildman–Crippen LogP) is 2.94. The fraction of sp³-hybridized carbons (Fsp3) is 0.368. The van der Waals surface area contributed by atoms with Crippen molar-refractivity contribution in [3.8, 4) is 0 Å². The minimum atomic E-state index is -3.43. The molecule has 0 radical (unpaired) electrons. The smallest absolute Gasteiger partial charge is 0.243 e. The third-order valence-corrected chi connectivity index (χ3v) is 7.09. The molecule has 27 heavy (non-hydrogen) atoms. The van der Waals surface area contributed by atoms with Crippen LogP contribution in [0.25, 0.3) is 11.0 Å². The van der Waals surface area contributed by atoms with Crippen LogP contribution in [0.2, 0.25) is 0 Å². The van der Waals surface area contributed by atoms with Gasteiger partial charge in [0.25, 0.3) is 0 Å². The lowest BCUT2D eigenvalue weighted by atomic mass is 9.94. The summed E-state index contributed by atoms with van der Waals surface area (Å²) in [6, 6.07) is 7.63. The first-order chi connectivity index (χ1) is 12.9. The van der Waals surface area contributed by atoms with E-state index < -0.39 is 10.0 Å². The number of benzene rings is 1. The van der Waals surface area contributed by atoms with E-state index in [-0.39, 0.29) is 12.0 Å². The molecule has 1 aliphatic heterocycles. The summed E-state index contributed by atoms with van der Waals surface area (Å²) in [5.74, 6) is 0.966. The topological polar surface area (TPSA) is 91.0 Å². The van der Waals surface area contributed by atoms with Gasteiger partial charge in [0, 0.05) is 19.8 Å². The van der Waals surface area contributed by atoms with Gasteiger partial charge >= 0.3 is 0 Å². The number of aromatic amines is 1. The average Bonchev–Trinajstić information content (AvgIpc) is 3.12. The first-order valence-corrected chi connectivity index (χ1v) is 10.5. The Morgan fingerprint density at radius 2 is 2.04 bits per heavy atom. The van der Waals surface area contributed by atoms with E-state index in [4.69, 9.17) is 0 Å². The number of hydrogen-bond acceptors (Lipinski definition) is 5. The van der Waals surface area contributed by atoms with Crippen LogP contribution in [0.1, 0.15) is 31.0 Å². The molecule has 0 spiro atoms. The van der Waals surface area contributed by atoms with Crippen LogP contribution in [-0.4, -0.2) is 41.3 Å². The van der Waals surface area contributed by atoms with E-state index in [1.165, 1.54) is 10.6 Å². The minimum absolute atomic E-state index is 0.0780. The molecule has 4 rings (SSSR count). The highest BCUT2D eigenvalue weighted by atomic mass is 32.2. The van der Waals surface area contributed by atoms with Gasteiger partial charge in [-0.25, -0.2) is 22.7 Å². The second kappa shape index (κ2) is 6.61. The van der Waals surface area contributed by atoms with Crippen molar-refractivity contribution in [3.05, 3.63) is 47.9 Å². The molecule has 0 saturated carbocycles. The van der Waals surface area contributed by atoms with Crippen molar-refractivity contribution in [1.29, 1.82) is 0 Å². The molecule has 7 nitrogen and oxygen atoms in total. The molecule has 0 amide bonds. The van der Waals surface area contributed by atoms with E-state index in [0.717, 1.165) is 34.4 Å². The first kappa shape index (κ1) is 17.9. The summed E-state index contributed by atoms with van der Waals surface area (Å²) in [6.45, 7) is 4.73. The molecule has 8 heteroatoms. The van der Waals surface area contributed by atoms with E-state index in [9.17, 15) is 8.42 Å². The Balaban J connectivity index is 1.76. The highest BCUT2D eigenvalue weighted by molar-refractivity contribution is 7.89. The van der Waals surface area contributed by atoms with Crippen LogP contribution in [0.4, 0.5) is 5.82 Å². The van der Waals surface area contributed by atoms with Crippen LogP contribution in [0.3, 0.4) is 0 Å². The fourth-order valence-electron chi connectivity index (χ4n) is 3.55. The quantitative estimate of drug-likeness (QED) is 0.720. The summed E-state index contributed by atoms with van der Waals surface area (Å²) >= 11 is 0. The Morgan fingerprint density at radius 3 is 2.81 bits per heavy atom. The number of likely N-dealkylation sites (N-methyl/N-ethyl adjacent to an activating group) is 1. The van der Waals surface area contributed by atoms with Crippen molar-refractivity contribution in [1.82, 2.24) is 19.3 Å². The van der Waals surface area contributed by atoms with E-state index in [0.29, 0.717) is 11.4 Å². The summed E-state index contributed by atoms with van der Waals surface area (Å²) in [5.41, 5.74) is 2.59. The number of H-pyrrole nitrogens is 1. The van der Waals surface area contributed by atoms with Gasteiger partial charge in [0.1, 0.15) is 17.8 Å². The molecular formula is C19H23N5O2S. The lowest BCUT2D eigenvalue weighted by Gasteiger charge is -2.28. The zero-order chi connectivity index (χ0) is 19.2. The van der Waals surface area contributed by atoms with E-state index in [2.05, 4.69) is 34.1 Å². The molecular weight excluding hydrogens is 362 g/mol. The number of anilines is 1. The van der Waals surface area contributed by atoms with Crippen LogP contribution in [0.5, 0.6) is 0 Å². The number of nitrogens with one attached hydrogen (secondary N) is 2. The second-order valence-electron chi connectivity index (χ2n) is 7.27. The van der Waals surface area contributed by atoms with Gasteiger partial charge in [0.15, 0.2) is 0 Å². The van der Waals surface area contributed by atoms with Crippen LogP contribution in [-0.2, 0) is 16.4 Å². The Hall–Kier alpha value is -2.45. The molecule has 1 atom stereocenters. The van der Waals surface area contributed by atoms with Crippen molar-refractivity contribution in [2.24, 2.45) is 5.92 Å². The van der Waals surface area contributed by atoms with Crippen molar-refractivity contribution >= 4 is 26.9 Å². The highest BCUT2D eigenvalue weighted by Crippen LogP contribution is 2.33. The number of fused-ring (bicyclic) bond motifs is 2. The monoisotopic (exact) mass is 385 g/mol. The second-order valence-corrected chi connectivity index (χ2v) is 9.29. The molecule has 0 bridgehead atoms. The summed E-state index contributed by atoms with van der Waals surface area (Å²) in [4.78, 5) is 12.1. The van der Waals surface area contributed by atoms with Gasteiger partial charge in [-0.15, -0.1) is 0 Å². The van der Waals surface area contributed by atoms with Crippen LogP contribution in [0, 0.1) is 5.92 Å². The van der Waals surface area contributed by atoms with Gasteiger partial charge in [-0.1, -0.05) is 26.0 Å². The van der Waals surface area contributed by atoms with Crippen molar-refractivity contribution in [2.75, 3.05) is 18.9 Å². The lowest BCUT2D eigenvalue weighted by molar-refractivity contribution is 0.456. The van der Waals surface area contributed by atoms with Gasteiger partial charge in [0.05, 0.1) is 16.3 Å². The van der Waals surface area contributed by atoms with Gasteiger partial charge in [0.2, 0.25) is 10.0 Å². The van der Waals surface area contributed by atoms with E-state index in [1.807, 2.05) is 30.5 Å². The number of nitrogens with zero attached hydrogens (tertiary/aromatic N) is 3. The zero-order valence-corrected chi connectivity index (χ0v) is 16.4. The van der Waals surface area contributed by atoms with Gasteiger partial charge < -0.3 is 10.3 Å². The zero-order valence-electron chi connectivity index (χ0n) is 15.6. The van der Waals surface area contributed by atoms with Crippen LogP contribution >= 0.6 is 0 Å². The largest absolute Gasteiger partial charge is 0.362 e. The molecule has 142 valence electrons. The maximum Gasteiger partial charge on any atom is 0.243 e. The molecule has 2 N–H and O–H groups in total. The summed E-state index contributed by atoms with van der Waals surface area (Å²) in [6.07, 6.45) is 4.09. The van der Waals surface area contributed by atoms with Gasteiger partial charge in [-0.2, -0.15) is 0 Å². The number of rotatable bonds is 4. The highest BCUT2D eigenvalue weighted by Gasteiger charge is 2.30. The Kier molecular flexibility index (Phi) is 4.39. The summed E-state index contributed by atoms with van der Waals surface area (Å²) in [7, 11) is -1.79. The van der Waals surface area contributed by atoms with Gasteiger partial charge in [-0.05, 0) is 35.6 Å². The third kappa shape index (κ3) is 3.08. The Morgan fingerprint density at radius 1 is 1.22 bits per heavy atom. The number of sulfonamides is 1. The predicted molar refractivity (Wildman–Crippen MR) is 105 cm³/mol. The summed E-state index contributed by atoms with van der Waals surface area (Å²) < 4.78 is 26.9. The summed E-state index contributed by atoms with van der Waals surface area (Å²) in [5, 5.41) is 4.40. The molecule has 0 saturated heterocycles. The maximum atomic E-state index is 12.7. The molecule has 1 aromatic carbocycles. The molecule has 2 aromatic heterocycles. The SMILES string of the molecule is CC(C)[C@@H](Nc1ncnc2[nH]ccc12)c1ccc2c(c1)S(=O)(=O)N(C)CC2. The first-order valence-electron chi connectivity index (χ1n) is 9.01. The normalized spacial score (nSPS) is 17.8. The van der Waals surface area contributed by atoms with Crippen LogP contribution in [0.15, 0.2) is 41.7 Å². The average molecular weight is 385 g/mol. The Bertz CT molecular complexity index is 1090. The third-order valence-electron chi connectivity index (χ3n) is 5.15. The molecule has 3 heterocycles. The molecule has 0 fully saturated rings. The molecule has 3 aromatic rings. The van der Waals surface area contributed by atoms with Crippen molar-refractivity contribution in [2.45, 2.75) is 31.2 Å². The van der Waals surface area contributed by atoms with Crippen molar-refractivity contribution < 1.29 is 8.42 Å². The standard InChI is InChI=1S/C19H23N5O2S/c1-12(2)17(23-19-15-6-8-20-18(15)21-11-22-19)14-5-4-13-7-9-24(3)27(25,26)16(13)10-14/h4-6,8,10-12,17H,7,9H2,1-3H3,(H2,20,21,22,23)/t17-/m1/s1. The van der Waals surface area contributed by atoms with E-state index >= 15 is 0 Å².